The molecule has 0 spiro atoms. The molecule has 0 atom stereocenters. The SMILES string of the molecule is COCCN(Cc1cccn1Cc1cccc(C)c1)C(=O)c1c(OC)cccc1OC. The summed E-state index contributed by atoms with van der Waals surface area (Å²) in [6, 6.07) is 17.8. The molecule has 0 N–H and O–H groups in total. The van der Waals surface area contributed by atoms with Crippen LogP contribution in [0.2, 0.25) is 0 Å². The fourth-order valence-corrected chi connectivity index (χ4v) is 3.62. The van der Waals surface area contributed by atoms with Gasteiger partial charge >= 0.3 is 0 Å². The first-order valence-electron chi connectivity index (χ1n) is 10.3. The number of hydrogen-bond acceptors (Lipinski definition) is 4. The zero-order chi connectivity index (χ0) is 22.2. The second-order valence-electron chi connectivity index (χ2n) is 7.37. The van der Waals surface area contributed by atoms with Crippen LogP contribution in [0, 0.1) is 6.92 Å². The van der Waals surface area contributed by atoms with Crippen molar-refractivity contribution in [1.82, 2.24) is 9.47 Å². The predicted molar refractivity (Wildman–Crippen MR) is 121 cm³/mol. The van der Waals surface area contributed by atoms with E-state index in [9.17, 15) is 4.79 Å². The zero-order valence-electron chi connectivity index (χ0n) is 18.6. The highest BCUT2D eigenvalue weighted by atomic mass is 16.5. The molecule has 0 aliphatic carbocycles. The predicted octanol–water partition coefficient (Wildman–Crippen LogP) is 4.15. The Bertz CT molecular complexity index is 990. The van der Waals surface area contributed by atoms with Gasteiger partial charge in [0.05, 0.1) is 27.4 Å². The van der Waals surface area contributed by atoms with Crippen molar-refractivity contribution in [3.8, 4) is 11.5 Å². The molecule has 0 aliphatic rings. The number of nitrogens with zero attached hydrogens (tertiary/aromatic N) is 2. The van der Waals surface area contributed by atoms with Crippen molar-refractivity contribution in [2.75, 3.05) is 34.5 Å². The number of benzene rings is 2. The standard InChI is InChI=1S/C25H30N2O4/c1-19-8-5-9-20(16-19)17-26-13-7-10-21(26)18-27(14-15-29-2)25(28)24-22(30-3)11-6-12-23(24)31-4/h5-13,16H,14-15,17-18H2,1-4H3. The van der Waals surface area contributed by atoms with Gasteiger partial charge in [-0.05, 0) is 36.8 Å². The Morgan fingerprint density at radius 1 is 0.968 bits per heavy atom. The molecule has 6 nitrogen and oxygen atoms in total. The fourth-order valence-electron chi connectivity index (χ4n) is 3.62. The monoisotopic (exact) mass is 422 g/mol. The maximum absolute atomic E-state index is 13.6. The molecule has 31 heavy (non-hydrogen) atoms. The summed E-state index contributed by atoms with van der Waals surface area (Å²) < 4.78 is 18.3. The van der Waals surface area contributed by atoms with E-state index in [0.717, 1.165) is 12.2 Å². The molecular formula is C25H30N2O4. The number of carbonyl (C=O) groups excluding carboxylic acids is 1. The van der Waals surface area contributed by atoms with Crippen LogP contribution in [-0.2, 0) is 17.8 Å². The van der Waals surface area contributed by atoms with E-state index in [1.807, 2.05) is 18.3 Å². The van der Waals surface area contributed by atoms with Crippen molar-refractivity contribution < 1.29 is 19.0 Å². The summed E-state index contributed by atoms with van der Waals surface area (Å²) in [6.45, 7) is 4.16. The average Bonchev–Trinajstić information content (AvgIpc) is 3.21. The van der Waals surface area contributed by atoms with E-state index in [4.69, 9.17) is 14.2 Å². The van der Waals surface area contributed by atoms with Gasteiger partial charge in [0.1, 0.15) is 17.1 Å². The van der Waals surface area contributed by atoms with Crippen LogP contribution in [0.15, 0.2) is 60.8 Å². The van der Waals surface area contributed by atoms with E-state index in [1.54, 1.807) is 44.4 Å². The molecule has 1 aromatic heterocycles. The lowest BCUT2D eigenvalue weighted by Crippen LogP contribution is -2.34. The van der Waals surface area contributed by atoms with Crippen LogP contribution in [0.5, 0.6) is 11.5 Å². The van der Waals surface area contributed by atoms with Gasteiger partial charge in [-0.2, -0.15) is 0 Å². The normalized spacial score (nSPS) is 10.7. The first-order chi connectivity index (χ1) is 15.1. The molecule has 0 saturated carbocycles. The maximum Gasteiger partial charge on any atom is 0.261 e. The van der Waals surface area contributed by atoms with Gasteiger partial charge in [-0.1, -0.05) is 35.9 Å². The van der Waals surface area contributed by atoms with Crippen LogP contribution >= 0.6 is 0 Å². The topological polar surface area (TPSA) is 52.9 Å². The third-order valence-corrected chi connectivity index (χ3v) is 5.21. The van der Waals surface area contributed by atoms with E-state index >= 15 is 0 Å². The second-order valence-corrected chi connectivity index (χ2v) is 7.37. The van der Waals surface area contributed by atoms with Crippen molar-refractivity contribution >= 4 is 5.91 Å². The van der Waals surface area contributed by atoms with Crippen LogP contribution in [0.3, 0.4) is 0 Å². The van der Waals surface area contributed by atoms with Crippen molar-refractivity contribution in [2.45, 2.75) is 20.0 Å². The Kier molecular flexibility index (Phi) is 7.73. The van der Waals surface area contributed by atoms with Gasteiger partial charge in [-0.25, -0.2) is 0 Å². The van der Waals surface area contributed by atoms with Crippen molar-refractivity contribution in [3.63, 3.8) is 0 Å². The van der Waals surface area contributed by atoms with Gasteiger partial charge in [-0.15, -0.1) is 0 Å². The van der Waals surface area contributed by atoms with Crippen LogP contribution in [-0.4, -0.2) is 49.9 Å². The van der Waals surface area contributed by atoms with E-state index < -0.39 is 0 Å². The minimum absolute atomic E-state index is 0.158. The van der Waals surface area contributed by atoms with E-state index in [2.05, 4.69) is 35.8 Å². The molecular weight excluding hydrogens is 392 g/mol. The summed E-state index contributed by atoms with van der Waals surface area (Å²) in [6.07, 6.45) is 2.04. The molecule has 0 aliphatic heterocycles. The Hall–Kier alpha value is -3.25. The number of carbonyl (C=O) groups is 1. The van der Waals surface area contributed by atoms with Crippen molar-refractivity contribution in [3.05, 3.63) is 83.2 Å². The largest absolute Gasteiger partial charge is 0.496 e. The molecule has 0 fully saturated rings. The van der Waals surface area contributed by atoms with Gasteiger partial charge in [0.2, 0.25) is 0 Å². The van der Waals surface area contributed by atoms with Gasteiger partial charge in [0.25, 0.3) is 5.91 Å². The Labute approximate surface area is 184 Å². The van der Waals surface area contributed by atoms with Crippen LogP contribution < -0.4 is 9.47 Å². The van der Waals surface area contributed by atoms with E-state index in [0.29, 0.717) is 36.8 Å². The number of amides is 1. The number of methoxy groups -OCH3 is 3. The number of rotatable bonds is 10. The summed E-state index contributed by atoms with van der Waals surface area (Å²) >= 11 is 0. The molecule has 2 aromatic carbocycles. The summed E-state index contributed by atoms with van der Waals surface area (Å²) in [5, 5.41) is 0. The molecule has 1 amide bonds. The summed E-state index contributed by atoms with van der Waals surface area (Å²) in [5.41, 5.74) is 3.91. The summed E-state index contributed by atoms with van der Waals surface area (Å²) in [4.78, 5) is 15.3. The minimum Gasteiger partial charge on any atom is -0.496 e. The first kappa shape index (κ1) is 22.4. The maximum atomic E-state index is 13.6. The Morgan fingerprint density at radius 3 is 2.32 bits per heavy atom. The summed E-state index contributed by atoms with van der Waals surface area (Å²) in [7, 11) is 4.74. The van der Waals surface area contributed by atoms with Gasteiger partial charge in [0.15, 0.2) is 0 Å². The fraction of sp³-hybridized carbons (Fsp3) is 0.320. The molecule has 0 bridgehead atoms. The number of hydrogen-bond donors (Lipinski definition) is 0. The molecule has 6 heteroatoms. The lowest BCUT2D eigenvalue weighted by atomic mass is 10.1. The molecule has 0 radical (unpaired) electrons. The molecule has 3 aromatic rings. The first-order valence-corrected chi connectivity index (χ1v) is 10.3. The third-order valence-electron chi connectivity index (χ3n) is 5.21. The van der Waals surface area contributed by atoms with Gasteiger partial charge in [0, 0.05) is 32.1 Å². The highest BCUT2D eigenvalue weighted by molar-refractivity contribution is 5.99. The molecule has 0 unspecified atom stereocenters. The highest BCUT2D eigenvalue weighted by Gasteiger charge is 2.24. The highest BCUT2D eigenvalue weighted by Crippen LogP contribution is 2.30. The Morgan fingerprint density at radius 2 is 1.68 bits per heavy atom. The minimum atomic E-state index is -0.158. The Balaban J connectivity index is 1.88. The van der Waals surface area contributed by atoms with Crippen LogP contribution in [0.25, 0.3) is 0 Å². The number of ether oxygens (including phenoxy) is 3. The van der Waals surface area contributed by atoms with Crippen LogP contribution in [0.1, 0.15) is 27.2 Å². The van der Waals surface area contributed by atoms with E-state index in [1.165, 1.54) is 11.1 Å². The third kappa shape index (κ3) is 5.47. The summed E-state index contributed by atoms with van der Waals surface area (Å²) in [5.74, 6) is 0.818. The lowest BCUT2D eigenvalue weighted by molar-refractivity contribution is 0.0669. The average molecular weight is 423 g/mol. The molecule has 1 heterocycles. The van der Waals surface area contributed by atoms with Crippen molar-refractivity contribution in [1.29, 1.82) is 0 Å². The molecule has 3 rings (SSSR count). The van der Waals surface area contributed by atoms with Crippen LogP contribution in [0.4, 0.5) is 0 Å². The second kappa shape index (κ2) is 10.7. The zero-order valence-corrected chi connectivity index (χ0v) is 18.6. The molecule has 164 valence electrons. The van der Waals surface area contributed by atoms with Gasteiger partial charge in [-0.3, -0.25) is 4.79 Å². The number of aromatic nitrogens is 1. The quantitative estimate of drug-likeness (QED) is 0.493. The van der Waals surface area contributed by atoms with Crippen molar-refractivity contribution in [2.24, 2.45) is 0 Å². The molecule has 0 saturated heterocycles. The number of aryl methyl sites for hydroxylation is 1. The smallest absolute Gasteiger partial charge is 0.261 e. The van der Waals surface area contributed by atoms with Gasteiger partial charge < -0.3 is 23.7 Å². The lowest BCUT2D eigenvalue weighted by Gasteiger charge is -2.25. The van der Waals surface area contributed by atoms with E-state index in [-0.39, 0.29) is 5.91 Å².